The molecule has 0 aliphatic carbocycles. The Morgan fingerprint density at radius 1 is 0.500 bits per heavy atom. The summed E-state index contributed by atoms with van der Waals surface area (Å²) in [5.74, 6) is -0.0448. The van der Waals surface area contributed by atoms with E-state index >= 15 is 0 Å². The highest BCUT2D eigenvalue weighted by Crippen LogP contribution is 2.15. The molecule has 0 rings (SSSR count). The van der Waals surface area contributed by atoms with Gasteiger partial charge in [0.25, 0.3) is 0 Å². The van der Waals surface area contributed by atoms with Gasteiger partial charge in [-0.1, -0.05) is 203 Å². The van der Waals surface area contributed by atoms with Gasteiger partial charge in [-0.25, -0.2) is 0 Å². The van der Waals surface area contributed by atoms with Gasteiger partial charge in [-0.15, -0.1) is 0 Å². The fraction of sp³-hybridized carbons (Fsp3) is 0.761. The number of carbonyl (C=O) groups excluding carboxylic acids is 1. The monoisotopic (exact) mass is 698 g/mol. The molecule has 0 saturated carbocycles. The van der Waals surface area contributed by atoms with Crippen LogP contribution in [0.4, 0.5) is 0 Å². The average molecular weight is 698 g/mol. The molecule has 0 saturated heterocycles. The fourth-order valence-electron chi connectivity index (χ4n) is 6.27. The van der Waals surface area contributed by atoms with Gasteiger partial charge in [0, 0.05) is 6.42 Å². The quantitative estimate of drug-likeness (QED) is 0.0444. The minimum atomic E-state index is -0.666. The molecule has 0 aromatic carbocycles. The van der Waals surface area contributed by atoms with Crippen LogP contribution in [0.2, 0.25) is 0 Å². The van der Waals surface area contributed by atoms with E-state index in [-0.39, 0.29) is 12.5 Å². The summed E-state index contributed by atoms with van der Waals surface area (Å²) in [5.41, 5.74) is 0. The van der Waals surface area contributed by atoms with Gasteiger partial charge < -0.3 is 15.5 Å². The van der Waals surface area contributed by atoms with Crippen LogP contribution in [0.1, 0.15) is 206 Å². The second-order valence-electron chi connectivity index (χ2n) is 14.4. The summed E-state index contributed by atoms with van der Waals surface area (Å²) in [7, 11) is 0. The highest BCUT2D eigenvalue weighted by molar-refractivity contribution is 5.76. The molecule has 0 aliphatic heterocycles. The second kappa shape index (κ2) is 41.5. The van der Waals surface area contributed by atoms with E-state index in [1.54, 1.807) is 0 Å². The number of amides is 1. The lowest BCUT2D eigenvalue weighted by atomic mass is 10.0. The first-order valence-corrected chi connectivity index (χ1v) is 21.5. The Hall–Kier alpha value is -1.91. The number of hydrogen-bond donors (Lipinski definition) is 3. The van der Waals surface area contributed by atoms with Crippen molar-refractivity contribution in [1.29, 1.82) is 0 Å². The number of carbonyl (C=O) groups is 1. The molecule has 50 heavy (non-hydrogen) atoms. The lowest BCUT2D eigenvalue weighted by Crippen LogP contribution is -2.45. The molecule has 3 N–H and O–H groups in total. The van der Waals surface area contributed by atoms with Gasteiger partial charge in [0.1, 0.15) is 0 Å². The van der Waals surface area contributed by atoms with Crippen molar-refractivity contribution in [1.82, 2.24) is 5.32 Å². The van der Waals surface area contributed by atoms with Crippen LogP contribution < -0.4 is 5.32 Å². The summed E-state index contributed by atoms with van der Waals surface area (Å²) in [4.78, 5) is 12.4. The van der Waals surface area contributed by atoms with Crippen molar-refractivity contribution in [2.24, 2.45) is 0 Å². The number of nitrogens with one attached hydrogen (secondary N) is 1. The Balaban J connectivity index is 3.59. The highest BCUT2D eigenvalue weighted by atomic mass is 16.3. The Morgan fingerprint density at radius 2 is 0.880 bits per heavy atom. The van der Waals surface area contributed by atoms with Crippen molar-refractivity contribution < 1.29 is 15.0 Å². The van der Waals surface area contributed by atoms with Gasteiger partial charge in [-0.3, -0.25) is 4.79 Å². The molecule has 2 unspecified atom stereocenters. The molecular formula is C46H83NO3. The zero-order chi connectivity index (χ0) is 36.4. The van der Waals surface area contributed by atoms with Gasteiger partial charge in [-0.05, 0) is 57.8 Å². The Kier molecular flexibility index (Phi) is 39.9. The number of allylic oxidation sites excluding steroid dienone is 10. The van der Waals surface area contributed by atoms with E-state index in [4.69, 9.17) is 0 Å². The Morgan fingerprint density at radius 3 is 1.32 bits per heavy atom. The zero-order valence-corrected chi connectivity index (χ0v) is 33.2. The SMILES string of the molecule is CC/C=C\C/C=C\C/C=C\C/C=C\C/C=C\CCCCCCCCCC(=O)NC(CO)C(O)CCCCCCCCCCCCCCCCC. The summed E-state index contributed by atoms with van der Waals surface area (Å²) in [6.45, 7) is 4.24. The first-order chi connectivity index (χ1) is 24.7. The Bertz CT molecular complexity index is 842. The second-order valence-corrected chi connectivity index (χ2v) is 14.4. The summed E-state index contributed by atoms with van der Waals surface area (Å²) >= 11 is 0. The zero-order valence-electron chi connectivity index (χ0n) is 33.2. The van der Waals surface area contributed by atoms with E-state index < -0.39 is 12.1 Å². The van der Waals surface area contributed by atoms with E-state index in [0.717, 1.165) is 64.2 Å². The van der Waals surface area contributed by atoms with Crippen molar-refractivity contribution in [3.63, 3.8) is 0 Å². The number of hydrogen-bond acceptors (Lipinski definition) is 3. The molecule has 0 spiro atoms. The van der Waals surface area contributed by atoms with E-state index in [2.05, 4.69) is 79.9 Å². The third kappa shape index (κ3) is 37.3. The minimum absolute atomic E-state index is 0.0448. The molecule has 4 heteroatoms. The van der Waals surface area contributed by atoms with Crippen molar-refractivity contribution in [2.45, 2.75) is 219 Å². The molecule has 0 radical (unpaired) electrons. The maximum atomic E-state index is 12.4. The standard InChI is InChI=1S/C46H83NO3/c1-3-5-7-9-11-13-15-17-19-20-21-22-23-24-25-26-28-30-32-34-36-38-40-42-46(50)47-44(43-48)45(49)41-39-37-35-33-31-29-27-18-16-14-12-10-8-6-4-2/h5,7,11,13,17,19,21-22,24-25,44-45,48-49H,3-4,6,8-10,12,14-16,18,20,23,26-43H2,1-2H3,(H,47,50)/b7-5-,13-11-,19-17-,22-21-,25-24-. The van der Waals surface area contributed by atoms with Crippen LogP contribution >= 0.6 is 0 Å². The summed E-state index contributed by atoms with van der Waals surface area (Å²) in [6, 6.07) is -0.544. The molecule has 0 aromatic rings. The largest absolute Gasteiger partial charge is 0.394 e. The number of unbranched alkanes of at least 4 members (excludes halogenated alkanes) is 21. The number of aliphatic hydroxyl groups is 2. The van der Waals surface area contributed by atoms with Gasteiger partial charge >= 0.3 is 0 Å². The van der Waals surface area contributed by atoms with Crippen LogP contribution in [0.5, 0.6) is 0 Å². The lowest BCUT2D eigenvalue weighted by molar-refractivity contribution is -0.123. The number of aliphatic hydroxyl groups excluding tert-OH is 2. The third-order valence-electron chi connectivity index (χ3n) is 9.54. The molecular weight excluding hydrogens is 615 g/mol. The van der Waals surface area contributed by atoms with Crippen molar-refractivity contribution in [3.8, 4) is 0 Å². The molecule has 0 fully saturated rings. The molecule has 0 heterocycles. The van der Waals surface area contributed by atoms with Gasteiger partial charge in [-0.2, -0.15) is 0 Å². The van der Waals surface area contributed by atoms with E-state index in [1.807, 2.05) is 0 Å². The summed E-state index contributed by atoms with van der Waals surface area (Å²) < 4.78 is 0. The third-order valence-corrected chi connectivity index (χ3v) is 9.54. The van der Waals surface area contributed by atoms with E-state index in [9.17, 15) is 15.0 Å². The van der Waals surface area contributed by atoms with Gasteiger partial charge in [0.2, 0.25) is 5.91 Å². The predicted molar refractivity (Wildman–Crippen MR) is 221 cm³/mol. The number of rotatable bonds is 38. The normalized spacial score (nSPS) is 13.6. The first kappa shape index (κ1) is 48.1. The summed E-state index contributed by atoms with van der Waals surface area (Å²) in [6.07, 6.45) is 57.1. The highest BCUT2D eigenvalue weighted by Gasteiger charge is 2.19. The molecule has 0 aliphatic rings. The van der Waals surface area contributed by atoms with Crippen LogP contribution in [-0.2, 0) is 4.79 Å². The Labute approximate surface area is 311 Å². The van der Waals surface area contributed by atoms with Crippen LogP contribution in [0.25, 0.3) is 0 Å². The predicted octanol–water partition coefficient (Wildman–Crippen LogP) is 13.3. The van der Waals surface area contributed by atoms with Crippen LogP contribution in [0.3, 0.4) is 0 Å². The summed E-state index contributed by atoms with van der Waals surface area (Å²) in [5, 5.41) is 23.1. The van der Waals surface area contributed by atoms with Crippen LogP contribution in [0.15, 0.2) is 60.8 Å². The molecule has 0 aromatic heterocycles. The lowest BCUT2D eigenvalue weighted by Gasteiger charge is -2.22. The molecule has 290 valence electrons. The smallest absolute Gasteiger partial charge is 0.220 e. The fourth-order valence-corrected chi connectivity index (χ4v) is 6.27. The molecule has 0 bridgehead atoms. The molecule has 2 atom stereocenters. The van der Waals surface area contributed by atoms with Crippen molar-refractivity contribution >= 4 is 5.91 Å². The van der Waals surface area contributed by atoms with Crippen molar-refractivity contribution in [2.75, 3.05) is 6.61 Å². The maximum absolute atomic E-state index is 12.4. The van der Waals surface area contributed by atoms with Crippen LogP contribution in [0, 0.1) is 0 Å². The van der Waals surface area contributed by atoms with E-state index in [1.165, 1.54) is 116 Å². The first-order valence-electron chi connectivity index (χ1n) is 21.5. The van der Waals surface area contributed by atoms with Crippen molar-refractivity contribution in [3.05, 3.63) is 60.8 Å². The van der Waals surface area contributed by atoms with Gasteiger partial charge in [0.05, 0.1) is 18.8 Å². The minimum Gasteiger partial charge on any atom is -0.394 e. The maximum Gasteiger partial charge on any atom is 0.220 e. The van der Waals surface area contributed by atoms with Crippen LogP contribution in [-0.4, -0.2) is 34.9 Å². The van der Waals surface area contributed by atoms with E-state index in [0.29, 0.717) is 12.8 Å². The average Bonchev–Trinajstić information content (AvgIpc) is 3.12. The topological polar surface area (TPSA) is 69.6 Å². The molecule has 1 amide bonds. The molecule has 4 nitrogen and oxygen atoms in total. The van der Waals surface area contributed by atoms with Gasteiger partial charge in [0.15, 0.2) is 0 Å².